The van der Waals surface area contributed by atoms with Crippen LogP contribution in [-0.2, 0) is 20.2 Å². The van der Waals surface area contributed by atoms with Crippen molar-refractivity contribution in [2.24, 2.45) is 0 Å². The molecule has 0 aliphatic rings. The Kier molecular flexibility index (Phi) is 22.6. The normalized spacial score (nSPS) is 14.4. The predicted octanol–water partition coefficient (Wildman–Crippen LogP) is 2.60. The van der Waals surface area contributed by atoms with Gasteiger partial charge in [-0.15, -0.1) is 0 Å². The Balaban J connectivity index is -0.000000387. The van der Waals surface area contributed by atoms with E-state index in [4.69, 9.17) is 0 Å². The van der Waals surface area contributed by atoms with Crippen molar-refractivity contribution in [3.8, 4) is 0 Å². The van der Waals surface area contributed by atoms with Crippen molar-refractivity contribution in [3.63, 3.8) is 0 Å². The molecule has 0 aromatic rings. The van der Waals surface area contributed by atoms with Crippen LogP contribution in [0.5, 0.6) is 0 Å². The number of hydrogen-bond acceptors (Lipinski definition) is 6. The van der Waals surface area contributed by atoms with E-state index in [-0.39, 0.29) is 72.0 Å². The zero-order valence-corrected chi connectivity index (χ0v) is 30.2. The van der Waals surface area contributed by atoms with Gasteiger partial charge in [-0.25, -0.2) is 16.8 Å². The van der Waals surface area contributed by atoms with E-state index in [2.05, 4.69) is 0 Å². The molecule has 0 aliphatic carbocycles. The second-order valence-electron chi connectivity index (χ2n) is 9.56. The predicted molar refractivity (Wildman–Crippen MR) is 117 cm³/mol. The van der Waals surface area contributed by atoms with Crippen molar-refractivity contribution in [2.45, 2.75) is 124 Å². The molecule has 0 saturated carbocycles. The van der Waals surface area contributed by atoms with Gasteiger partial charge in [0.05, 0.1) is 0 Å². The van der Waals surface area contributed by atoms with Crippen LogP contribution in [0.2, 0.25) is 0 Å². The zero-order valence-electron chi connectivity index (χ0n) is 24.6. The van der Waals surface area contributed by atoms with Crippen LogP contribution in [0.3, 0.4) is 0 Å². The Morgan fingerprint density at radius 3 is 0.708 bits per heavy atom. The molecule has 0 fully saturated rings. The van der Waals surface area contributed by atoms with Crippen LogP contribution in [0.4, 0.5) is 79.0 Å². The third kappa shape index (κ3) is 16.5. The maximum absolute atomic E-state index is 13.1. The SMILES string of the molecule is O=S(=O)([O-])C(F)(F)C(F)(F)C(F)(F)CCCCCCC(F)(F)F.O=S(=O)([O-])C(F)(F)C(F)(F)C(F)(F)CCCCCCC(F)(F)F.[Na+].[Na+]. The topological polar surface area (TPSA) is 114 Å². The molecule has 0 aromatic heterocycles. The Morgan fingerprint density at radius 1 is 0.354 bits per heavy atom. The van der Waals surface area contributed by atoms with E-state index in [1.807, 2.05) is 0 Å². The molecule has 0 aliphatic heterocycles. The van der Waals surface area contributed by atoms with Gasteiger partial charge >= 0.3 is 106 Å². The van der Waals surface area contributed by atoms with Gasteiger partial charge in [0.2, 0.25) is 0 Å². The summed E-state index contributed by atoms with van der Waals surface area (Å²) in [5, 5.41) is -13.0. The van der Waals surface area contributed by atoms with Gasteiger partial charge in [0.25, 0.3) is 0 Å². The maximum atomic E-state index is 13.1. The fourth-order valence-electron chi connectivity index (χ4n) is 3.11. The van der Waals surface area contributed by atoms with Gasteiger partial charge in [0.1, 0.15) is 0 Å². The fourth-order valence-corrected chi connectivity index (χ4v) is 4.03. The van der Waals surface area contributed by atoms with Gasteiger partial charge in [-0.3, -0.25) is 0 Å². The summed E-state index contributed by atoms with van der Waals surface area (Å²) >= 11 is 0. The molecule has 0 spiro atoms. The van der Waals surface area contributed by atoms with E-state index in [9.17, 15) is 105 Å². The van der Waals surface area contributed by atoms with Crippen LogP contribution in [0.1, 0.15) is 77.0 Å². The zero-order chi connectivity index (χ0) is 37.5. The Bertz CT molecular complexity index is 1070. The third-order valence-electron chi connectivity index (χ3n) is 5.68. The molecule has 0 aromatic carbocycles. The summed E-state index contributed by atoms with van der Waals surface area (Å²) in [7, 11) is -14.1. The van der Waals surface area contributed by atoms with Crippen molar-refractivity contribution in [3.05, 3.63) is 0 Å². The molecule has 28 heteroatoms. The monoisotopic (exact) mass is 812 g/mol. The molecule has 6 nitrogen and oxygen atoms in total. The Morgan fingerprint density at radius 2 is 0.542 bits per heavy atom. The Labute approximate surface area is 306 Å². The first kappa shape index (κ1) is 55.3. The second-order valence-corrected chi connectivity index (χ2v) is 12.4. The van der Waals surface area contributed by atoms with Crippen molar-refractivity contribution in [1.29, 1.82) is 0 Å². The van der Waals surface area contributed by atoms with E-state index in [1.165, 1.54) is 0 Å². The van der Waals surface area contributed by atoms with E-state index in [1.54, 1.807) is 0 Å². The van der Waals surface area contributed by atoms with Crippen LogP contribution in [0.15, 0.2) is 0 Å². The largest absolute Gasteiger partial charge is 1.00 e. The molecule has 0 rings (SSSR count). The van der Waals surface area contributed by atoms with E-state index >= 15 is 0 Å². The summed E-state index contributed by atoms with van der Waals surface area (Å²) in [6.45, 7) is 0. The molecule has 0 heterocycles. The van der Waals surface area contributed by atoms with E-state index in [0.29, 0.717) is 0 Å². The standard InChI is InChI=1S/2C10H13F9O3S.2Na/c2*11-7(12,5-3-1-2-4-6-8(13,14)15)9(16,17)10(18,19)23(20,21)22;;/h2*1-6H2,(H,20,21,22);;/q;;2*+1/p-2. The summed E-state index contributed by atoms with van der Waals surface area (Å²) in [5.41, 5.74) is 0. The van der Waals surface area contributed by atoms with Crippen molar-refractivity contribution in [1.82, 2.24) is 0 Å². The molecule has 48 heavy (non-hydrogen) atoms. The maximum Gasteiger partial charge on any atom is 1.00 e. The molecule has 280 valence electrons. The Hall–Kier alpha value is 0.560. The number of unbranched alkanes of at least 4 members (excludes halogenated alkanes) is 6. The van der Waals surface area contributed by atoms with E-state index < -0.39 is 131 Å². The van der Waals surface area contributed by atoms with Crippen LogP contribution in [-0.4, -0.2) is 72.5 Å². The minimum atomic E-state index is -7.04. The molecule has 0 N–H and O–H groups in total. The number of alkyl halides is 18. The molecular formula is C20H24F18Na2O6S2. The minimum Gasteiger partial charge on any atom is -0.743 e. The fraction of sp³-hybridized carbons (Fsp3) is 1.00. The first-order valence-electron chi connectivity index (χ1n) is 12.2. The van der Waals surface area contributed by atoms with Gasteiger partial charge in [-0.1, -0.05) is 25.7 Å². The molecule has 0 amide bonds. The van der Waals surface area contributed by atoms with E-state index in [0.717, 1.165) is 0 Å². The van der Waals surface area contributed by atoms with Crippen molar-refractivity contribution < 1.29 is 164 Å². The van der Waals surface area contributed by atoms with Crippen LogP contribution >= 0.6 is 0 Å². The molecular weight excluding hydrogens is 788 g/mol. The smallest absolute Gasteiger partial charge is 0.743 e. The van der Waals surface area contributed by atoms with Crippen molar-refractivity contribution >= 4 is 20.2 Å². The molecule has 0 bridgehead atoms. The first-order chi connectivity index (χ1) is 19.9. The number of halogens is 18. The van der Waals surface area contributed by atoms with Crippen LogP contribution in [0, 0.1) is 0 Å². The average molecular weight is 812 g/mol. The number of hydrogen-bond donors (Lipinski definition) is 0. The van der Waals surface area contributed by atoms with Gasteiger partial charge in [0.15, 0.2) is 20.2 Å². The minimum absolute atomic E-state index is 0. The number of rotatable bonds is 18. The summed E-state index contributed by atoms with van der Waals surface area (Å²) in [4.78, 5) is 0. The van der Waals surface area contributed by atoms with Crippen LogP contribution in [0.25, 0.3) is 0 Å². The summed E-state index contributed by atoms with van der Waals surface area (Å²) in [5.74, 6) is -23.9. The molecule has 0 saturated heterocycles. The van der Waals surface area contributed by atoms with Gasteiger partial charge in [-0.2, -0.15) is 79.0 Å². The summed E-state index contributed by atoms with van der Waals surface area (Å²) < 4.78 is 286. The van der Waals surface area contributed by atoms with Crippen LogP contribution < -0.4 is 59.1 Å². The average Bonchev–Trinajstić information content (AvgIpc) is 2.80. The molecule has 0 atom stereocenters. The first-order valence-corrected chi connectivity index (χ1v) is 15.0. The van der Waals surface area contributed by atoms with Gasteiger partial charge in [-0.05, 0) is 25.7 Å². The molecule has 0 unspecified atom stereocenters. The third-order valence-corrected chi connectivity index (χ3v) is 7.45. The van der Waals surface area contributed by atoms with Crippen molar-refractivity contribution in [2.75, 3.05) is 0 Å². The molecule has 0 radical (unpaired) electrons. The van der Waals surface area contributed by atoms with Gasteiger partial charge in [0, 0.05) is 25.7 Å². The second kappa shape index (κ2) is 19.6. The summed E-state index contributed by atoms with van der Waals surface area (Å²) in [6, 6.07) is 0. The van der Waals surface area contributed by atoms with Gasteiger partial charge < -0.3 is 9.11 Å². The summed E-state index contributed by atoms with van der Waals surface area (Å²) in [6.07, 6.45) is -19.1. The quantitative estimate of drug-likeness (QED) is 0.0911.